The van der Waals surface area contributed by atoms with Crippen molar-refractivity contribution in [1.82, 2.24) is 10.6 Å². The van der Waals surface area contributed by atoms with Crippen LogP contribution >= 0.6 is 0 Å². The second-order valence-electron chi connectivity index (χ2n) is 7.40. The molecule has 5 heteroatoms. The molecule has 0 spiro atoms. The number of rotatable bonds is 5. The third-order valence-electron chi connectivity index (χ3n) is 5.22. The number of aliphatic imine (C=N–C) groups is 1. The van der Waals surface area contributed by atoms with E-state index in [2.05, 4.69) is 41.6 Å². The van der Waals surface area contributed by atoms with Crippen LogP contribution in [0.25, 0.3) is 0 Å². The number of hydrogen-bond donors (Lipinski definition) is 2. The Labute approximate surface area is 144 Å². The largest absolute Gasteiger partial charge is 0.497 e. The van der Waals surface area contributed by atoms with E-state index in [-0.39, 0.29) is 5.41 Å². The maximum atomic E-state index is 5.91. The fraction of sp³-hybridized carbons (Fsp3) is 0.632. The SMILES string of the molecule is CN=C(NCC(C)(C)c1ccc(OC)cc1)NC1CC2CCC1O2. The number of benzene rings is 1. The lowest BCUT2D eigenvalue weighted by molar-refractivity contribution is 0.0992. The van der Waals surface area contributed by atoms with Crippen molar-refractivity contribution in [3.8, 4) is 5.75 Å². The average Bonchev–Trinajstić information content (AvgIpc) is 3.21. The Bertz CT molecular complexity index is 583. The third-order valence-corrected chi connectivity index (χ3v) is 5.22. The summed E-state index contributed by atoms with van der Waals surface area (Å²) in [5.41, 5.74) is 1.27. The Hall–Kier alpha value is -1.75. The van der Waals surface area contributed by atoms with Crippen LogP contribution in [-0.2, 0) is 10.2 Å². The lowest BCUT2D eigenvalue weighted by Crippen LogP contribution is -2.49. The summed E-state index contributed by atoms with van der Waals surface area (Å²) in [6, 6.07) is 8.66. The quantitative estimate of drug-likeness (QED) is 0.643. The van der Waals surface area contributed by atoms with Crippen LogP contribution < -0.4 is 15.4 Å². The highest BCUT2D eigenvalue weighted by Crippen LogP contribution is 2.34. The molecule has 3 unspecified atom stereocenters. The zero-order valence-electron chi connectivity index (χ0n) is 15.1. The summed E-state index contributed by atoms with van der Waals surface area (Å²) >= 11 is 0. The predicted octanol–water partition coefficient (Wildman–Crippen LogP) is 2.46. The van der Waals surface area contributed by atoms with Crippen molar-refractivity contribution < 1.29 is 9.47 Å². The van der Waals surface area contributed by atoms with Crippen LogP contribution in [-0.4, -0.2) is 44.9 Å². The Morgan fingerprint density at radius 1 is 1.29 bits per heavy atom. The molecule has 0 amide bonds. The van der Waals surface area contributed by atoms with Gasteiger partial charge in [-0.3, -0.25) is 4.99 Å². The summed E-state index contributed by atoms with van der Waals surface area (Å²) in [5, 5.41) is 7.01. The highest BCUT2D eigenvalue weighted by molar-refractivity contribution is 5.80. The summed E-state index contributed by atoms with van der Waals surface area (Å²) in [6.07, 6.45) is 4.26. The van der Waals surface area contributed by atoms with Gasteiger partial charge in [0.05, 0.1) is 25.4 Å². The van der Waals surface area contributed by atoms with E-state index in [1.807, 2.05) is 19.2 Å². The molecule has 2 heterocycles. The van der Waals surface area contributed by atoms with Crippen molar-refractivity contribution in [2.75, 3.05) is 20.7 Å². The molecule has 5 nitrogen and oxygen atoms in total. The molecule has 2 aliphatic heterocycles. The zero-order chi connectivity index (χ0) is 17.2. The van der Waals surface area contributed by atoms with Crippen LogP contribution in [0.15, 0.2) is 29.3 Å². The van der Waals surface area contributed by atoms with Gasteiger partial charge in [-0.15, -0.1) is 0 Å². The van der Waals surface area contributed by atoms with Crippen LogP contribution in [0.4, 0.5) is 0 Å². The Balaban J connectivity index is 1.55. The number of fused-ring (bicyclic) bond motifs is 2. The molecule has 2 saturated heterocycles. The van der Waals surface area contributed by atoms with E-state index in [1.165, 1.54) is 12.0 Å². The van der Waals surface area contributed by atoms with Gasteiger partial charge < -0.3 is 20.1 Å². The van der Waals surface area contributed by atoms with Crippen LogP contribution in [0, 0.1) is 0 Å². The van der Waals surface area contributed by atoms with Gasteiger partial charge >= 0.3 is 0 Å². The number of ether oxygens (including phenoxy) is 2. The number of nitrogens with one attached hydrogen (secondary N) is 2. The molecular formula is C19H29N3O2. The van der Waals surface area contributed by atoms with E-state index in [0.717, 1.165) is 31.1 Å². The molecule has 24 heavy (non-hydrogen) atoms. The number of nitrogens with zero attached hydrogens (tertiary/aromatic N) is 1. The van der Waals surface area contributed by atoms with Crippen LogP contribution in [0.1, 0.15) is 38.7 Å². The van der Waals surface area contributed by atoms with E-state index in [0.29, 0.717) is 18.2 Å². The lowest BCUT2D eigenvalue weighted by Gasteiger charge is -2.28. The molecule has 132 valence electrons. The van der Waals surface area contributed by atoms with Gasteiger partial charge in [0, 0.05) is 19.0 Å². The highest BCUT2D eigenvalue weighted by Gasteiger charge is 2.41. The van der Waals surface area contributed by atoms with Gasteiger partial charge in [-0.25, -0.2) is 0 Å². The van der Waals surface area contributed by atoms with Gasteiger partial charge in [-0.1, -0.05) is 26.0 Å². The van der Waals surface area contributed by atoms with Crippen molar-refractivity contribution in [3.05, 3.63) is 29.8 Å². The molecular weight excluding hydrogens is 302 g/mol. The minimum Gasteiger partial charge on any atom is -0.497 e. The summed E-state index contributed by atoms with van der Waals surface area (Å²) in [5.74, 6) is 1.74. The Morgan fingerprint density at radius 2 is 2.04 bits per heavy atom. The summed E-state index contributed by atoms with van der Waals surface area (Å²) in [6.45, 7) is 5.27. The molecule has 3 rings (SSSR count). The Morgan fingerprint density at radius 3 is 2.58 bits per heavy atom. The predicted molar refractivity (Wildman–Crippen MR) is 96.8 cm³/mol. The molecule has 2 aliphatic rings. The van der Waals surface area contributed by atoms with Crippen molar-refractivity contribution >= 4 is 5.96 Å². The summed E-state index contributed by atoms with van der Waals surface area (Å²) in [4.78, 5) is 4.38. The maximum absolute atomic E-state index is 5.91. The molecule has 0 radical (unpaired) electrons. The van der Waals surface area contributed by atoms with Crippen molar-refractivity contribution in [1.29, 1.82) is 0 Å². The normalized spacial score (nSPS) is 26.5. The van der Waals surface area contributed by atoms with E-state index in [9.17, 15) is 0 Å². The van der Waals surface area contributed by atoms with E-state index in [4.69, 9.17) is 9.47 Å². The van der Waals surface area contributed by atoms with E-state index >= 15 is 0 Å². The summed E-state index contributed by atoms with van der Waals surface area (Å²) in [7, 11) is 3.51. The molecule has 1 aromatic carbocycles. The topological polar surface area (TPSA) is 54.9 Å². The Kier molecular flexibility index (Phi) is 4.99. The van der Waals surface area contributed by atoms with Crippen molar-refractivity contribution in [3.63, 3.8) is 0 Å². The van der Waals surface area contributed by atoms with Gasteiger partial charge in [-0.2, -0.15) is 0 Å². The molecule has 0 saturated carbocycles. The minimum atomic E-state index is -0.00489. The van der Waals surface area contributed by atoms with Gasteiger partial charge in [-0.05, 0) is 37.0 Å². The average molecular weight is 331 g/mol. The lowest BCUT2D eigenvalue weighted by atomic mass is 9.84. The van der Waals surface area contributed by atoms with Crippen molar-refractivity contribution in [2.24, 2.45) is 4.99 Å². The van der Waals surface area contributed by atoms with Gasteiger partial charge in [0.2, 0.25) is 0 Å². The second kappa shape index (κ2) is 7.01. The minimum absolute atomic E-state index is 0.00489. The van der Waals surface area contributed by atoms with E-state index < -0.39 is 0 Å². The van der Waals surface area contributed by atoms with E-state index in [1.54, 1.807) is 7.11 Å². The number of hydrogen-bond acceptors (Lipinski definition) is 3. The standard InChI is InChI=1S/C19H29N3O2/c1-19(2,13-5-7-14(23-4)8-6-13)12-21-18(20-3)22-16-11-15-9-10-17(16)24-15/h5-8,15-17H,9-12H2,1-4H3,(H2,20,21,22). The maximum Gasteiger partial charge on any atom is 0.191 e. The highest BCUT2D eigenvalue weighted by atomic mass is 16.5. The number of methoxy groups -OCH3 is 1. The van der Waals surface area contributed by atoms with Gasteiger partial charge in [0.1, 0.15) is 5.75 Å². The molecule has 2 fully saturated rings. The smallest absolute Gasteiger partial charge is 0.191 e. The van der Waals surface area contributed by atoms with Crippen LogP contribution in [0.3, 0.4) is 0 Å². The van der Waals surface area contributed by atoms with Crippen molar-refractivity contribution in [2.45, 2.75) is 56.8 Å². The fourth-order valence-electron chi connectivity index (χ4n) is 3.61. The first-order chi connectivity index (χ1) is 11.5. The molecule has 1 aromatic rings. The molecule has 0 aromatic heterocycles. The third kappa shape index (κ3) is 3.66. The second-order valence-corrected chi connectivity index (χ2v) is 7.40. The molecule has 3 atom stereocenters. The molecule has 2 N–H and O–H groups in total. The van der Waals surface area contributed by atoms with Gasteiger partial charge in [0.15, 0.2) is 5.96 Å². The van der Waals surface area contributed by atoms with Crippen LogP contribution in [0.2, 0.25) is 0 Å². The van der Waals surface area contributed by atoms with Crippen LogP contribution in [0.5, 0.6) is 5.75 Å². The molecule has 2 bridgehead atoms. The fourth-order valence-corrected chi connectivity index (χ4v) is 3.61. The number of guanidine groups is 1. The monoisotopic (exact) mass is 331 g/mol. The summed E-state index contributed by atoms with van der Waals surface area (Å²) < 4.78 is 11.1. The first-order valence-electron chi connectivity index (χ1n) is 8.79. The molecule has 0 aliphatic carbocycles. The first-order valence-corrected chi connectivity index (χ1v) is 8.79. The first kappa shape index (κ1) is 17.1. The zero-order valence-corrected chi connectivity index (χ0v) is 15.1. The van der Waals surface area contributed by atoms with Gasteiger partial charge in [0.25, 0.3) is 0 Å².